The molecule has 4 rings (SSSR count). The zero-order valence-corrected chi connectivity index (χ0v) is 19.3. The van der Waals surface area contributed by atoms with E-state index in [4.69, 9.17) is 5.11 Å². The molecular weight excluding hydrogens is 492 g/mol. The number of anilines is 2. The number of carbonyl (C=O) groups excluding carboxylic acids is 2. The second-order valence-electron chi connectivity index (χ2n) is 7.32. The number of rotatable bonds is 4. The highest BCUT2D eigenvalue weighted by Gasteiger charge is 2.49. The molecule has 0 radical (unpaired) electrons. The first-order valence-electron chi connectivity index (χ1n) is 9.22. The van der Waals surface area contributed by atoms with Crippen LogP contribution in [0.1, 0.15) is 18.9 Å². The Labute approximate surface area is 189 Å². The second kappa shape index (κ2) is 8.20. The molecule has 1 aromatic carbocycles. The van der Waals surface area contributed by atoms with E-state index in [0.29, 0.717) is 24.8 Å². The third-order valence-corrected chi connectivity index (χ3v) is 7.95. The molecule has 2 aliphatic heterocycles. The number of urea groups is 1. The maximum Gasteiger partial charge on any atom is 0.328 e. The maximum atomic E-state index is 13.1. The zero-order valence-electron chi connectivity index (χ0n) is 16.1. The minimum Gasteiger partial charge on any atom is -0.481 e. The van der Waals surface area contributed by atoms with Crippen LogP contribution in [0.2, 0.25) is 0 Å². The van der Waals surface area contributed by atoms with Crippen LogP contribution in [0.4, 0.5) is 15.6 Å². The van der Waals surface area contributed by atoms with E-state index in [1.807, 2.05) is 23.1 Å². The predicted molar refractivity (Wildman–Crippen MR) is 120 cm³/mol. The number of halogens is 1. The van der Waals surface area contributed by atoms with Crippen molar-refractivity contribution in [2.45, 2.75) is 23.0 Å². The van der Waals surface area contributed by atoms with Crippen molar-refractivity contribution in [3.63, 3.8) is 0 Å². The van der Waals surface area contributed by atoms with Gasteiger partial charge in [-0.25, -0.2) is 9.78 Å². The fourth-order valence-electron chi connectivity index (χ4n) is 3.99. The summed E-state index contributed by atoms with van der Waals surface area (Å²) in [4.78, 5) is 43.4. The number of hydrogen-bond donors (Lipinski definition) is 2. The molecule has 8 nitrogen and oxygen atoms in total. The van der Waals surface area contributed by atoms with Gasteiger partial charge in [-0.15, -0.1) is 11.8 Å². The molecular formula is C19H19BrN4O4S2. The highest BCUT2D eigenvalue weighted by atomic mass is 79.9. The molecule has 0 unspecified atom stereocenters. The van der Waals surface area contributed by atoms with Gasteiger partial charge in [0.25, 0.3) is 0 Å². The Morgan fingerprint density at radius 3 is 2.87 bits per heavy atom. The Kier molecular flexibility index (Phi) is 5.78. The Hall–Kier alpha value is -2.11. The third-order valence-electron chi connectivity index (χ3n) is 5.36. The first-order chi connectivity index (χ1) is 14.3. The van der Waals surface area contributed by atoms with Crippen LogP contribution in [0.5, 0.6) is 0 Å². The van der Waals surface area contributed by atoms with Crippen molar-refractivity contribution >= 4 is 67.8 Å². The summed E-state index contributed by atoms with van der Waals surface area (Å²) in [6.45, 7) is 3.32. The van der Waals surface area contributed by atoms with E-state index >= 15 is 0 Å². The SMILES string of the molecule is CC(=O)N1CC[C@@]2(C1)CN(C(=O)Nc1ncc(SCC(=O)O)s1)c1ccc(Br)cc12. The molecule has 1 fully saturated rings. The molecule has 3 heterocycles. The van der Waals surface area contributed by atoms with Gasteiger partial charge in [0.05, 0.1) is 16.2 Å². The predicted octanol–water partition coefficient (Wildman–Crippen LogP) is 3.62. The number of hydrogen-bond acceptors (Lipinski definition) is 6. The van der Waals surface area contributed by atoms with Crippen LogP contribution in [-0.4, -0.2) is 58.3 Å². The van der Waals surface area contributed by atoms with E-state index in [1.165, 1.54) is 23.1 Å². The number of thioether (sulfide) groups is 1. The summed E-state index contributed by atoms with van der Waals surface area (Å²) < 4.78 is 1.66. The third kappa shape index (κ3) is 4.06. The van der Waals surface area contributed by atoms with E-state index < -0.39 is 5.97 Å². The Bertz CT molecular complexity index is 1030. The van der Waals surface area contributed by atoms with Gasteiger partial charge in [0.15, 0.2) is 5.13 Å². The van der Waals surface area contributed by atoms with Gasteiger partial charge in [0.1, 0.15) is 0 Å². The highest BCUT2D eigenvalue weighted by Crippen LogP contribution is 2.47. The van der Waals surface area contributed by atoms with Crippen LogP contribution in [0.15, 0.2) is 33.1 Å². The number of aromatic nitrogens is 1. The van der Waals surface area contributed by atoms with Crippen LogP contribution >= 0.6 is 39.0 Å². The van der Waals surface area contributed by atoms with Crippen LogP contribution in [0.3, 0.4) is 0 Å². The first-order valence-corrected chi connectivity index (χ1v) is 11.8. The lowest BCUT2D eigenvalue weighted by molar-refractivity contribution is -0.134. The summed E-state index contributed by atoms with van der Waals surface area (Å²) >= 11 is 5.93. The quantitative estimate of drug-likeness (QED) is 0.608. The molecule has 3 amide bonds. The lowest BCUT2D eigenvalue weighted by atomic mass is 9.81. The molecule has 1 spiro atoms. The lowest BCUT2D eigenvalue weighted by Crippen LogP contribution is -2.41. The van der Waals surface area contributed by atoms with E-state index in [1.54, 1.807) is 18.0 Å². The topological polar surface area (TPSA) is 103 Å². The average molecular weight is 511 g/mol. The minimum atomic E-state index is -0.903. The summed E-state index contributed by atoms with van der Waals surface area (Å²) in [7, 11) is 0. The molecule has 0 bridgehead atoms. The Balaban J connectivity index is 1.54. The number of carbonyl (C=O) groups is 3. The molecule has 1 saturated heterocycles. The maximum absolute atomic E-state index is 13.1. The Morgan fingerprint density at radius 2 is 2.17 bits per heavy atom. The monoisotopic (exact) mass is 510 g/mol. The normalized spacial score (nSPS) is 19.9. The molecule has 2 N–H and O–H groups in total. The number of thiazole rings is 1. The molecule has 0 aliphatic carbocycles. The summed E-state index contributed by atoms with van der Waals surface area (Å²) in [5, 5.41) is 12.0. The van der Waals surface area contributed by atoms with Gasteiger partial charge in [-0.3, -0.25) is 19.8 Å². The molecule has 30 heavy (non-hydrogen) atoms. The van der Waals surface area contributed by atoms with E-state index in [9.17, 15) is 14.4 Å². The molecule has 11 heteroatoms. The van der Waals surface area contributed by atoms with Crippen molar-refractivity contribution in [1.82, 2.24) is 9.88 Å². The molecule has 1 aromatic heterocycles. The van der Waals surface area contributed by atoms with Crippen LogP contribution in [-0.2, 0) is 15.0 Å². The smallest absolute Gasteiger partial charge is 0.328 e. The number of benzene rings is 1. The van der Waals surface area contributed by atoms with Crippen LogP contribution in [0.25, 0.3) is 0 Å². The number of carboxylic acids is 1. The van der Waals surface area contributed by atoms with Gasteiger partial charge in [-0.2, -0.15) is 0 Å². The molecule has 2 aliphatic rings. The van der Waals surface area contributed by atoms with Gasteiger partial charge >= 0.3 is 12.0 Å². The largest absolute Gasteiger partial charge is 0.481 e. The van der Waals surface area contributed by atoms with Gasteiger partial charge in [0.2, 0.25) is 5.91 Å². The summed E-state index contributed by atoms with van der Waals surface area (Å²) in [5.41, 5.74) is 1.61. The highest BCUT2D eigenvalue weighted by molar-refractivity contribution is 9.10. The molecule has 2 aromatic rings. The van der Waals surface area contributed by atoms with Crippen molar-refractivity contribution in [2.24, 2.45) is 0 Å². The van der Waals surface area contributed by atoms with Crippen molar-refractivity contribution in [2.75, 3.05) is 35.6 Å². The first kappa shape index (κ1) is 21.1. The number of nitrogens with zero attached hydrogens (tertiary/aromatic N) is 3. The zero-order chi connectivity index (χ0) is 21.5. The van der Waals surface area contributed by atoms with Crippen molar-refractivity contribution < 1.29 is 19.5 Å². The fourth-order valence-corrected chi connectivity index (χ4v) is 5.93. The molecule has 0 saturated carbocycles. The number of amides is 3. The fraction of sp³-hybridized carbons (Fsp3) is 0.368. The van der Waals surface area contributed by atoms with E-state index in [-0.39, 0.29) is 23.1 Å². The van der Waals surface area contributed by atoms with Crippen molar-refractivity contribution in [3.8, 4) is 0 Å². The van der Waals surface area contributed by atoms with Gasteiger partial charge in [-0.1, -0.05) is 27.3 Å². The van der Waals surface area contributed by atoms with Crippen LogP contribution < -0.4 is 10.2 Å². The lowest BCUT2D eigenvalue weighted by Gasteiger charge is -2.25. The standard InChI is InChI=1S/C19H19BrN4O4S2/c1-11(25)23-5-4-19(9-23)10-24(14-3-2-12(20)6-13(14)19)18(28)22-17-21-7-16(30-17)29-8-15(26)27/h2-3,6-7H,4-5,8-10H2,1H3,(H,26,27)(H,21,22,28)/t19-/m1/s1. The summed E-state index contributed by atoms with van der Waals surface area (Å²) in [6, 6.07) is 5.57. The average Bonchev–Trinajstić information content (AvgIpc) is 3.39. The van der Waals surface area contributed by atoms with E-state index in [0.717, 1.165) is 26.4 Å². The van der Waals surface area contributed by atoms with Gasteiger partial charge < -0.3 is 10.0 Å². The van der Waals surface area contributed by atoms with Crippen LogP contribution in [0, 0.1) is 0 Å². The van der Waals surface area contributed by atoms with Crippen molar-refractivity contribution in [1.29, 1.82) is 0 Å². The summed E-state index contributed by atoms with van der Waals surface area (Å²) in [5.74, 6) is -0.917. The number of likely N-dealkylation sites (tertiary alicyclic amines) is 1. The number of fused-ring (bicyclic) bond motifs is 2. The number of nitrogens with one attached hydrogen (secondary N) is 1. The molecule has 1 atom stereocenters. The van der Waals surface area contributed by atoms with Gasteiger partial charge in [0, 0.05) is 42.1 Å². The molecule has 158 valence electrons. The van der Waals surface area contributed by atoms with Crippen molar-refractivity contribution in [3.05, 3.63) is 34.4 Å². The van der Waals surface area contributed by atoms with E-state index in [2.05, 4.69) is 26.2 Å². The number of aliphatic carboxylic acids is 1. The Morgan fingerprint density at radius 1 is 1.37 bits per heavy atom. The van der Waals surface area contributed by atoms with Gasteiger partial charge in [-0.05, 0) is 30.2 Å². The number of carboxylic acid groups (broad SMARTS) is 1. The second-order valence-corrected chi connectivity index (χ2v) is 10.5. The minimum absolute atomic E-state index is 0.0421. The summed E-state index contributed by atoms with van der Waals surface area (Å²) in [6.07, 6.45) is 2.36.